The zero-order chi connectivity index (χ0) is 29.0. The average Bonchev–Trinajstić information content (AvgIpc) is 3.31. The van der Waals surface area contributed by atoms with Crippen LogP contribution in [0.25, 0.3) is 22.3 Å². The monoisotopic (exact) mass is 533 g/mol. The molecule has 0 fully saturated rings. The van der Waals surface area contributed by atoms with Gasteiger partial charge in [-0.2, -0.15) is 10.2 Å². The number of nitrogens with zero attached hydrogens (tertiary/aromatic N) is 5. The van der Waals surface area contributed by atoms with Crippen LogP contribution in [0.1, 0.15) is 40.9 Å². The quantitative estimate of drug-likeness (QED) is 0.198. The van der Waals surface area contributed by atoms with Crippen molar-refractivity contribution in [3.05, 3.63) is 95.0 Å². The number of fused-ring (bicyclic) bond motifs is 1. The van der Waals surface area contributed by atoms with Crippen LogP contribution in [0.15, 0.2) is 72.7 Å². The van der Waals surface area contributed by atoms with E-state index in [-0.39, 0.29) is 0 Å². The van der Waals surface area contributed by atoms with Gasteiger partial charge in [0.2, 0.25) is 17.7 Å². The molecule has 202 valence electrons. The van der Waals surface area contributed by atoms with Crippen molar-refractivity contribution in [2.75, 3.05) is 5.32 Å². The second kappa shape index (κ2) is 11.7. The number of hydrogen-bond acceptors (Lipinski definition) is 7. The Bertz CT molecular complexity index is 1720. The summed E-state index contributed by atoms with van der Waals surface area (Å²) in [6.07, 6.45) is 9.09. The van der Waals surface area contributed by atoms with Gasteiger partial charge in [-0.05, 0) is 80.3 Å². The van der Waals surface area contributed by atoms with E-state index in [0.29, 0.717) is 28.7 Å². The number of aryl methyl sites for hydroxylation is 2. The van der Waals surface area contributed by atoms with E-state index < -0.39 is 5.91 Å². The molecule has 0 bridgehead atoms. The molecule has 3 N–H and O–H groups in total. The van der Waals surface area contributed by atoms with Gasteiger partial charge in [0.25, 0.3) is 0 Å². The van der Waals surface area contributed by atoms with Gasteiger partial charge in [0.1, 0.15) is 11.3 Å². The molecule has 1 amide bonds. The molecule has 9 nitrogen and oxygen atoms in total. The van der Waals surface area contributed by atoms with Crippen molar-refractivity contribution in [1.29, 1.82) is 5.26 Å². The van der Waals surface area contributed by atoms with Crippen molar-refractivity contribution < 1.29 is 9.53 Å². The summed E-state index contributed by atoms with van der Waals surface area (Å²) >= 11 is 0. The van der Waals surface area contributed by atoms with Crippen molar-refractivity contribution in [3.63, 3.8) is 0 Å². The Morgan fingerprint density at radius 3 is 2.65 bits per heavy atom. The molecule has 3 heterocycles. The smallest absolute Gasteiger partial charge is 0.250 e. The Balaban J connectivity index is 1.76. The number of rotatable bonds is 9. The lowest BCUT2D eigenvalue weighted by atomic mass is 9.93. The maximum atomic E-state index is 11.5. The van der Waals surface area contributed by atoms with Gasteiger partial charge < -0.3 is 20.4 Å². The Kier molecular flexibility index (Phi) is 8.10. The van der Waals surface area contributed by atoms with Gasteiger partial charge >= 0.3 is 0 Å². The van der Waals surface area contributed by atoms with E-state index in [1.807, 2.05) is 56.8 Å². The molecular formula is C31H31N7O2. The standard InChI is InChI=1S/C31H31N7O2/c1-7-21(16-32)10-9-19(4)35-31-36-26-13-14-38(6)27(26)30(37-31)40-28-18(3)15-24(23(8-2)20(28)5)25-12-11-22(17-34-25)29(33)39/h7,9-15,17H,1,8H2,2-6H3,(H2,33,39)(H,35,36,37)/b19-9+,21-10+. The SMILES string of the molecule is C=C/C(C#N)=C\C=C(/C)Nc1nc(Oc2c(C)cc(-c3ccc(C(N)=O)cn3)c(CC)c2C)c2c(ccn2C)n1. The number of amides is 1. The highest BCUT2D eigenvalue weighted by atomic mass is 16.5. The summed E-state index contributed by atoms with van der Waals surface area (Å²) in [7, 11) is 1.92. The predicted molar refractivity (Wildman–Crippen MR) is 157 cm³/mol. The van der Waals surface area contributed by atoms with Gasteiger partial charge in [0, 0.05) is 30.7 Å². The average molecular weight is 534 g/mol. The summed E-state index contributed by atoms with van der Waals surface area (Å²) < 4.78 is 8.47. The molecular weight excluding hydrogens is 502 g/mol. The van der Waals surface area contributed by atoms with E-state index in [4.69, 9.17) is 20.7 Å². The van der Waals surface area contributed by atoms with Crippen LogP contribution in [0.2, 0.25) is 0 Å². The number of carbonyl (C=O) groups excluding carboxylic acids is 1. The normalized spacial score (nSPS) is 11.8. The number of aromatic nitrogens is 4. The van der Waals surface area contributed by atoms with Crippen LogP contribution in [0.5, 0.6) is 11.6 Å². The fraction of sp³-hybridized carbons (Fsp3) is 0.194. The largest absolute Gasteiger partial charge is 0.436 e. The number of nitriles is 1. The molecule has 4 aromatic rings. The summed E-state index contributed by atoms with van der Waals surface area (Å²) in [5.74, 6) is 0.982. The molecule has 9 heteroatoms. The van der Waals surface area contributed by atoms with E-state index in [9.17, 15) is 4.79 Å². The number of anilines is 1. The molecule has 0 saturated carbocycles. The lowest BCUT2D eigenvalue weighted by molar-refractivity contribution is 0.1000. The number of primary amides is 1. The molecule has 0 aliphatic heterocycles. The number of carbonyl (C=O) groups is 1. The fourth-order valence-corrected chi connectivity index (χ4v) is 4.51. The third-order valence-electron chi connectivity index (χ3n) is 6.57. The van der Waals surface area contributed by atoms with Gasteiger partial charge in [-0.15, -0.1) is 0 Å². The van der Waals surface area contributed by atoms with E-state index in [1.54, 1.807) is 18.2 Å². The molecule has 0 aliphatic carbocycles. The van der Waals surface area contributed by atoms with E-state index in [0.717, 1.165) is 51.1 Å². The van der Waals surface area contributed by atoms with Gasteiger partial charge in [-0.25, -0.2) is 4.98 Å². The Labute approximate surface area is 233 Å². The van der Waals surface area contributed by atoms with Gasteiger partial charge in [-0.3, -0.25) is 9.78 Å². The number of nitrogens with one attached hydrogen (secondary N) is 1. The Morgan fingerprint density at radius 2 is 2.02 bits per heavy atom. The second-order valence-electron chi connectivity index (χ2n) is 9.35. The van der Waals surface area contributed by atoms with Crippen LogP contribution in [0.4, 0.5) is 5.95 Å². The van der Waals surface area contributed by atoms with Crippen molar-refractivity contribution in [2.45, 2.75) is 34.1 Å². The van der Waals surface area contributed by atoms with Crippen LogP contribution in [-0.4, -0.2) is 25.4 Å². The first kappa shape index (κ1) is 27.8. The molecule has 0 saturated heterocycles. The minimum absolute atomic E-state index is 0.363. The molecule has 0 aliphatic rings. The third kappa shape index (κ3) is 5.61. The Hall–Kier alpha value is -5.23. The summed E-state index contributed by atoms with van der Waals surface area (Å²) in [5.41, 5.74) is 13.1. The first-order valence-electron chi connectivity index (χ1n) is 12.7. The molecule has 0 radical (unpaired) electrons. The maximum Gasteiger partial charge on any atom is 0.250 e. The summed E-state index contributed by atoms with van der Waals surface area (Å²) in [6, 6.07) is 9.51. The molecule has 40 heavy (non-hydrogen) atoms. The highest BCUT2D eigenvalue weighted by molar-refractivity contribution is 5.92. The minimum Gasteiger partial charge on any atom is -0.436 e. The highest BCUT2D eigenvalue weighted by Gasteiger charge is 2.20. The van der Waals surface area contributed by atoms with Crippen molar-refractivity contribution >= 4 is 22.9 Å². The van der Waals surface area contributed by atoms with Crippen molar-refractivity contribution in [2.24, 2.45) is 12.8 Å². The van der Waals surface area contributed by atoms with E-state index in [1.165, 1.54) is 12.3 Å². The fourth-order valence-electron chi connectivity index (χ4n) is 4.51. The second-order valence-corrected chi connectivity index (χ2v) is 9.35. The number of allylic oxidation sites excluding steroid dienone is 5. The topological polar surface area (TPSA) is 132 Å². The summed E-state index contributed by atoms with van der Waals surface area (Å²) in [5, 5.41) is 12.3. The molecule has 4 rings (SSSR count). The van der Waals surface area contributed by atoms with Crippen LogP contribution < -0.4 is 15.8 Å². The molecule has 0 unspecified atom stereocenters. The van der Waals surface area contributed by atoms with Gasteiger partial charge in [0.15, 0.2) is 0 Å². The van der Waals surface area contributed by atoms with Crippen LogP contribution in [-0.2, 0) is 13.5 Å². The molecule has 0 atom stereocenters. The van der Waals surface area contributed by atoms with Crippen molar-refractivity contribution in [1.82, 2.24) is 19.5 Å². The lowest BCUT2D eigenvalue weighted by Crippen LogP contribution is -2.11. The summed E-state index contributed by atoms with van der Waals surface area (Å²) in [4.78, 5) is 25.3. The number of ether oxygens (including phenoxy) is 1. The first-order chi connectivity index (χ1) is 19.2. The van der Waals surface area contributed by atoms with Gasteiger partial charge in [-0.1, -0.05) is 19.6 Å². The number of hydrogen-bond donors (Lipinski definition) is 2. The lowest BCUT2D eigenvalue weighted by Gasteiger charge is -2.19. The number of nitrogens with two attached hydrogens (primary N) is 1. The number of benzene rings is 1. The first-order valence-corrected chi connectivity index (χ1v) is 12.7. The highest BCUT2D eigenvalue weighted by Crippen LogP contribution is 2.38. The zero-order valence-electron chi connectivity index (χ0n) is 23.2. The Morgan fingerprint density at radius 1 is 1.25 bits per heavy atom. The van der Waals surface area contributed by atoms with E-state index in [2.05, 4.69) is 34.9 Å². The third-order valence-corrected chi connectivity index (χ3v) is 6.57. The van der Waals surface area contributed by atoms with Crippen LogP contribution in [0, 0.1) is 25.2 Å². The zero-order valence-corrected chi connectivity index (χ0v) is 23.2. The predicted octanol–water partition coefficient (Wildman–Crippen LogP) is 6.05. The van der Waals surface area contributed by atoms with Crippen LogP contribution in [0.3, 0.4) is 0 Å². The van der Waals surface area contributed by atoms with Crippen molar-refractivity contribution in [3.8, 4) is 29.0 Å². The molecule has 0 spiro atoms. The summed E-state index contributed by atoms with van der Waals surface area (Å²) in [6.45, 7) is 11.6. The number of pyridine rings is 1. The van der Waals surface area contributed by atoms with E-state index >= 15 is 0 Å². The van der Waals surface area contributed by atoms with Gasteiger partial charge in [0.05, 0.1) is 28.4 Å². The van der Waals surface area contributed by atoms with Crippen LogP contribution >= 0.6 is 0 Å². The molecule has 1 aromatic carbocycles. The molecule has 3 aromatic heterocycles. The maximum absolute atomic E-state index is 11.5. The minimum atomic E-state index is -0.512.